The fourth-order valence-electron chi connectivity index (χ4n) is 3.59. The van der Waals surface area contributed by atoms with E-state index in [4.69, 9.17) is 14.1 Å². The second kappa shape index (κ2) is 7.89. The van der Waals surface area contributed by atoms with Gasteiger partial charge in [0.05, 0.1) is 18.4 Å². The molecule has 0 bridgehead atoms. The summed E-state index contributed by atoms with van der Waals surface area (Å²) in [4.78, 5) is 20.1. The lowest BCUT2D eigenvalue weighted by Crippen LogP contribution is -2.30. The minimum absolute atomic E-state index is 0.226. The molecule has 0 saturated carbocycles. The van der Waals surface area contributed by atoms with E-state index in [0.29, 0.717) is 28.8 Å². The van der Waals surface area contributed by atoms with Crippen molar-refractivity contribution in [2.24, 2.45) is 0 Å². The van der Waals surface area contributed by atoms with Gasteiger partial charge in [-0.15, -0.1) is 0 Å². The van der Waals surface area contributed by atoms with Crippen LogP contribution in [0.4, 0.5) is 5.13 Å². The van der Waals surface area contributed by atoms with Gasteiger partial charge in [-0.05, 0) is 36.2 Å². The van der Waals surface area contributed by atoms with Crippen LogP contribution in [0.3, 0.4) is 0 Å². The molecule has 154 valence electrons. The fraction of sp³-hybridized carbons (Fsp3) is 0.120. The highest BCUT2D eigenvalue weighted by atomic mass is 32.1. The van der Waals surface area contributed by atoms with Crippen LogP contribution in [0, 0.1) is 6.92 Å². The van der Waals surface area contributed by atoms with Gasteiger partial charge in [-0.2, -0.15) is 0 Å². The molecule has 0 N–H and O–H groups in total. The van der Waals surface area contributed by atoms with E-state index < -0.39 is 0 Å². The zero-order chi connectivity index (χ0) is 21.4. The molecule has 0 spiro atoms. The topological polar surface area (TPSA) is 55.6 Å². The highest BCUT2D eigenvalue weighted by molar-refractivity contribution is 7.22. The number of carbonyl (C=O) groups is 1. The molecule has 5 nitrogen and oxygen atoms in total. The number of hydrogen-bond donors (Lipinski definition) is 0. The van der Waals surface area contributed by atoms with Crippen molar-refractivity contribution >= 4 is 43.6 Å². The molecule has 0 aliphatic rings. The first-order valence-corrected chi connectivity index (χ1v) is 10.7. The third kappa shape index (κ3) is 3.55. The van der Waals surface area contributed by atoms with Crippen LogP contribution in [0.15, 0.2) is 77.2 Å². The van der Waals surface area contributed by atoms with Crippen LogP contribution in [-0.2, 0) is 6.54 Å². The number of hydrogen-bond acceptors (Lipinski definition) is 5. The van der Waals surface area contributed by atoms with Crippen molar-refractivity contribution in [2.75, 3.05) is 12.0 Å². The first-order chi connectivity index (χ1) is 15.1. The summed E-state index contributed by atoms with van der Waals surface area (Å²) >= 11 is 1.48. The third-order valence-electron chi connectivity index (χ3n) is 5.21. The van der Waals surface area contributed by atoms with Gasteiger partial charge in [-0.1, -0.05) is 65.9 Å². The predicted octanol–water partition coefficient (Wildman–Crippen LogP) is 6.21. The molecule has 3 aromatic carbocycles. The number of rotatable bonds is 5. The maximum absolute atomic E-state index is 13.6. The van der Waals surface area contributed by atoms with Crippen molar-refractivity contribution in [2.45, 2.75) is 13.5 Å². The summed E-state index contributed by atoms with van der Waals surface area (Å²) in [5, 5.41) is 1.50. The number of para-hydroxylation sites is 1. The normalized spacial score (nSPS) is 11.2. The fourth-order valence-corrected chi connectivity index (χ4v) is 4.64. The second-order valence-electron chi connectivity index (χ2n) is 7.28. The second-order valence-corrected chi connectivity index (χ2v) is 8.26. The monoisotopic (exact) mass is 428 g/mol. The third-order valence-corrected chi connectivity index (χ3v) is 6.42. The Morgan fingerprint density at radius 3 is 2.61 bits per heavy atom. The molecule has 0 unspecified atom stereocenters. The van der Waals surface area contributed by atoms with E-state index in [-0.39, 0.29) is 5.91 Å². The number of anilines is 1. The molecule has 2 aromatic heterocycles. The number of ether oxygens (including phenoxy) is 1. The van der Waals surface area contributed by atoms with Crippen LogP contribution in [0.1, 0.15) is 21.7 Å². The van der Waals surface area contributed by atoms with Crippen molar-refractivity contribution in [3.63, 3.8) is 0 Å². The molecule has 5 rings (SSSR count). The van der Waals surface area contributed by atoms with E-state index in [1.807, 2.05) is 73.7 Å². The lowest BCUT2D eigenvalue weighted by molar-refractivity contribution is 0.0960. The van der Waals surface area contributed by atoms with E-state index in [1.54, 1.807) is 18.1 Å². The molecule has 5 aromatic rings. The maximum Gasteiger partial charge on any atom is 0.296 e. The summed E-state index contributed by atoms with van der Waals surface area (Å²) < 4.78 is 12.4. The number of aromatic nitrogens is 1. The minimum Gasteiger partial charge on any atom is -0.494 e. The summed E-state index contributed by atoms with van der Waals surface area (Å²) in [6.07, 6.45) is 0. The van der Waals surface area contributed by atoms with Crippen LogP contribution >= 0.6 is 11.3 Å². The Morgan fingerprint density at radius 1 is 1.06 bits per heavy atom. The lowest BCUT2D eigenvalue weighted by Gasteiger charge is -2.18. The first kappa shape index (κ1) is 19.3. The predicted molar refractivity (Wildman–Crippen MR) is 124 cm³/mol. The van der Waals surface area contributed by atoms with E-state index >= 15 is 0 Å². The molecule has 0 atom stereocenters. The molecular formula is C25H20N2O3S. The number of aryl methyl sites for hydroxylation is 1. The molecule has 0 radical (unpaired) electrons. The minimum atomic E-state index is -0.226. The quantitative estimate of drug-likeness (QED) is 0.334. The molecule has 0 fully saturated rings. The summed E-state index contributed by atoms with van der Waals surface area (Å²) in [7, 11) is 1.63. The molecule has 31 heavy (non-hydrogen) atoms. The van der Waals surface area contributed by atoms with Crippen molar-refractivity contribution in [1.82, 2.24) is 4.98 Å². The van der Waals surface area contributed by atoms with Crippen molar-refractivity contribution in [3.8, 4) is 5.75 Å². The van der Waals surface area contributed by atoms with Gasteiger partial charge >= 0.3 is 0 Å². The number of carbonyl (C=O) groups excluding carboxylic acids is 1. The molecule has 0 aliphatic carbocycles. The van der Waals surface area contributed by atoms with Crippen LogP contribution in [0.5, 0.6) is 5.75 Å². The molecule has 0 saturated heterocycles. The Balaban J connectivity index is 1.62. The summed E-state index contributed by atoms with van der Waals surface area (Å²) in [5.74, 6) is 0.759. The molecule has 2 heterocycles. The molecule has 6 heteroatoms. The number of thiazole rings is 1. The standard InChI is InChI=1S/C25H20N2O3S/c1-16-12-13-20(29-2)22-23(16)31-25(26-22)27(15-17-8-4-3-5-9-17)24(28)21-14-18-10-6-7-11-19(18)30-21/h3-14H,15H2,1-2H3. The number of furan rings is 1. The Bertz CT molecular complexity index is 1360. The number of benzene rings is 3. The SMILES string of the molecule is COc1ccc(C)c2sc(N(Cc3ccccc3)C(=O)c3cc4ccccc4o3)nc12. The van der Waals surface area contributed by atoms with Crippen LogP contribution < -0.4 is 9.64 Å². The number of amides is 1. The van der Waals surface area contributed by atoms with Gasteiger partial charge in [0.1, 0.15) is 16.8 Å². The maximum atomic E-state index is 13.6. The highest BCUT2D eigenvalue weighted by Crippen LogP contribution is 2.37. The average Bonchev–Trinajstić information content (AvgIpc) is 3.43. The zero-order valence-corrected chi connectivity index (χ0v) is 18.0. The Hall–Kier alpha value is -3.64. The summed E-state index contributed by atoms with van der Waals surface area (Å²) in [6.45, 7) is 2.42. The Kier molecular flexibility index (Phi) is 4.92. The van der Waals surface area contributed by atoms with Gasteiger partial charge in [0.2, 0.25) is 0 Å². The van der Waals surface area contributed by atoms with Crippen molar-refractivity contribution in [3.05, 3.63) is 89.7 Å². The van der Waals surface area contributed by atoms with Gasteiger partial charge < -0.3 is 9.15 Å². The highest BCUT2D eigenvalue weighted by Gasteiger charge is 2.25. The van der Waals surface area contributed by atoms with Crippen LogP contribution in [0.2, 0.25) is 0 Å². The summed E-state index contributed by atoms with van der Waals surface area (Å²) in [6, 6.07) is 23.2. The van der Waals surface area contributed by atoms with E-state index in [9.17, 15) is 4.79 Å². The first-order valence-electron chi connectivity index (χ1n) is 9.92. The number of methoxy groups -OCH3 is 1. The summed E-state index contributed by atoms with van der Waals surface area (Å²) in [5.41, 5.74) is 3.55. The van der Waals surface area contributed by atoms with E-state index in [0.717, 1.165) is 26.7 Å². The van der Waals surface area contributed by atoms with Gasteiger partial charge in [-0.3, -0.25) is 9.69 Å². The largest absolute Gasteiger partial charge is 0.494 e. The van der Waals surface area contributed by atoms with Crippen molar-refractivity contribution in [1.29, 1.82) is 0 Å². The number of fused-ring (bicyclic) bond motifs is 2. The van der Waals surface area contributed by atoms with E-state index in [2.05, 4.69) is 0 Å². The zero-order valence-electron chi connectivity index (χ0n) is 17.2. The van der Waals surface area contributed by atoms with Crippen molar-refractivity contribution < 1.29 is 13.9 Å². The Labute approximate surface area is 183 Å². The van der Waals surface area contributed by atoms with Crippen LogP contribution in [0.25, 0.3) is 21.2 Å². The molecular weight excluding hydrogens is 408 g/mol. The van der Waals surface area contributed by atoms with Crippen LogP contribution in [-0.4, -0.2) is 18.0 Å². The molecule has 1 amide bonds. The van der Waals surface area contributed by atoms with Gasteiger partial charge in [0.15, 0.2) is 10.9 Å². The lowest BCUT2D eigenvalue weighted by atomic mass is 10.2. The smallest absolute Gasteiger partial charge is 0.296 e. The average molecular weight is 429 g/mol. The Morgan fingerprint density at radius 2 is 1.84 bits per heavy atom. The van der Waals surface area contributed by atoms with Gasteiger partial charge in [-0.25, -0.2) is 4.98 Å². The molecule has 0 aliphatic heterocycles. The van der Waals surface area contributed by atoms with Gasteiger partial charge in [0, 0.05) is 5.39 Å². The van der Waals surface area contributed by atoms with E-state index in [1.165, 1.54) is 11.3 Å². The van der Waals surface area contributed by atoms with Gasteiger partial charge in [0.25, 0.3) is 5.91 Å². The number of nitrogens with zero attached hydrogens (tertiary/aromatic N) is 2.